The zero-order valence-corrected chi connectivity index (χ0v) is 10.0. The van der Waals surface area contributed by atoms with Crippen molar-refractivity contribution in [3.8, 4) is 0 Å². The van der Waals surface area contributed by atoms with Gasteiger partial charge in [0.25, 0.3) is 0 Å². The lowest BCUT2D eigenvalue weighted by Crippen LogP contribution is -2.10. The molecular formula is C10H12N2OS2. The van der Waals surface area contributed by atoms with E-state index in [1.807, 2.05) is 6.07 Å². The van der Waals surface area contributed by atoms with E-state index in [9.17, 15) is 4.21 Å². The van der Waals surface area contributed by atoms with E-state index in [-0.39, 0.29) is 0 Å². The lowest BCUT2D eigenvalue weighted by atomic mass is 10.3. The molecule has 0 aliphatic heterocycles. The number of nitrogens with zero attached hydrogens (tertiary/aromatic N) is 1. The molecule has 80 valence electrons. The Balaban J connectivity index is 2.13. The largest absolute Gasteiger partial charge is 0.369 e. The number of fused-ring (bicyclic) bond motifs is 1. The summed E-state index contributed by atoms with van der Waals surface area (Å²) in [4.78, 5) is 4.27. The van der Waals surface area contributed by atoms with Crippen LogP contribution in [-0.2, 0) is 10.8 Å². The Labute approximate surface area is 95.0 Å². The Morgan fingerprint density at radius 3 is 3.20 bits per heavy atom. The number of thiophene rings is 1. The topological polar surface area (TPSA) is 42.0 Å². The molecule has 1 atom stereocenters. The van der Waals surface area contributed by atoms with Gasteiger partial charge >= 0.3 is 0 Å². The minimum atomic E-state index is -0.751. The van der Waals surface area contributed by atoms with Crippen molar-refractivity contribution < 1.29 is 4.21 Å². The maximum absolute atomic E-state index is 10.9. The van der Waals surface area contributed by atoms with Gasteiger partial charge in [-0.25, -0.2) is 4.98 Å². The lowest BCUT2D eigenvalue weighted by Gasteiger charge is -2.04. The highest BCUT2D eigenvalue weighted by Crippen LogP contribution is 2.25. The third-order valence-corrected chi connectivity index (χ3v) is 3.72. The molecule has 0 saturated carbocycles. The van der Waals surface area contributed by atoms with Gasteiger partial charge in [0.2, 0.25) is 0 Å². The Bertz CT molecular complexity index is 481. The predicted molar refractivity (Wildman–Crippen MR) is 67.0 cm³/mol. The van der Waals surface area contributed by atoms with Gasteiger partial charge in [-0.3, -0.25) is 4.21 Å². The standard InChI is InChI=1S/C10H12N2OS2/c1-15(13)7-5-12-10-8-3-6-14-9(8)2-4-11-10/h2-4,6H,5,7H2,1H3,(H,11,12). The number of aromatic nitrogens is 1. The third-order valence-electron chi connectivity index (χ3n) is 2.06. The van der Waals surface area contributed by atoms with Crippen molar-refractivity contribution >= 4 is 38.0 Å². The minimum absolute atomic E-state index is 0.655. The Morgan fingerprint density at radius 2 is 2.40 bits per heavy atom. The van der Waals surface area contributed by atoms with Gasteiger partial charge in [0.1, 0.15) is 5.82 Å². The molecule has 0 bridgehead atoms. The summed E-state index contributed by atoms with van der Waals surface area (Å²) in [5.41, 5.74) is 0. The van der Waals surface area contributed by atoms with Crippen LogP contribution in [-0.4, -0.2) is 27.7 Å². The van der Waals surface area contributed by atoms with E-state index in [2.05, 4.69) is 21.7 Å². The molecule has 2 aromatic heterocycles. The first-order valence-corrected chi connectivity index (χ1v) is 7.24. The average Bonchev–Trinajstić information content (AvgIpc) is 2.65. The Hall–Kier alpha value is -0.940. The Kier molecular flexibility index (Phi) is 3.33. The van der Waals surface area contributed by atoms with E-state index >= 15 is 0 Å². The summed E-state index contributed by atoms with van der Waals surface area (Å²) >= 11 is 1.70. The summed E-state index contributed by atoms with van der Waals surface area (Å²) in [5, 5.41) is 6.40. The molecule has 0 saturated heterocycles. The molecule has 0 aromatic carbocycles. The molecule has 2 rings (SSSR count). The van der Waals surface area contributed by atoms with Crippen LogP contribution in [0.25, 0.3) is 10.1 Å². The highest BCUT2D eigenvalue weighted by molar-refractivity contribution is 7.84. The van der Waals surface area contributed by atoms with Gasteiger partial charge in [0.05, 0.1) is 0 Å². The van der Waals surface area contributed by atoms with E-state index < -0.39 is 10.8 Å². The van der Waals surface area contributed by atoms with Crippen molar-refractivity contribution in [1.82, 2.24) is 4.98 Å². The van der Waals surface area contributed by atoms with Crippen molar-refractivity contribution in [2.75, 3.05) is 23.9 Å². The van der Waals surface area contributed by atoms with Gasteiger partial charge in [-0.1, -0.05) is 0 Å². The van der Waals surface area contributed by atoms with Crippen LogP contribution in [0.5, 0.6) is 0 Å². The molecule has 0 fully saturated rings. The number of hydrogen-bond acceptors (Lipinski definition) is 4. The molecule has 0 amide bonds. The zero-order chi connectivity index (χ0) is 10.7. The van der Waals surface area contributed by atoms with Crippen LogP contribution in [0.1, 0.15) is 0 Å². The molecule has 5 heteroatoms. The van der Waals surface area contributed by atoms with Crippen LogP contribution in [0.2, 0.25) is 0 Å². The smallest absolute Gasteiger partial charge is 0.134 e. The summed E-state index contributed by atoms with van der Waals surface area (Å²) in [6.07, 6.45) is 3.50. The van der Waals surface area contributed by atoms with E-state index in [1.165, 1.54) is 4.70 Å². The van der Waals surface area contributed by atoms with Crippen LogP contribution in [0, 0.1) is 0 Å². The molecular weight excluding hydrogens is 228 g/mol. The summed E-state index contributed by atoms with van der Waals surface area (Å²) in [7, 11) is -0.751. The van der Waals surface area contributed by atoms with Crippen LogP contribution in [0.15, 0.2) is 23.7 Å². The molecule has 3 nitrogen and oxygen atoms in total. The van der Waals surface area contributed by atoms with Gasteiger partial charge in [0, 0.05) is 45.6 Å². The number of hydrogen-bond donors (Lipinski definition) is 1. The van der Waals surface area contributed by atoms with E-state index in [0.29, 0.717) is 12.3 Å². The second-order valence-electron chi connectivity index (χ2n) is 3.20. The van der Waals surface area contributed by atoms with Crippen molar-refractivity contribution in [3.05, 3.63) is 23.7 Å². The zero-order valence-electron chi connectivity index (χ0n) is 8.40. The first-order valence-electron chi connectivity index (χ1n) is 4.63. The number of nitrogens with one attached hydrogen (secondary N) is 1. The van der Waals surface area contributed by atoms with Gasteiger partial charge < -0.3 is 5.32 Å². The molecule has 0 aliphatic rings. The van der Waals surface area contributed by atoms with Gasteiger partial charge in [-0.2, -0.15) is 0 Å². The van der Waals surface area contributed by atoms with E-state index in [0.717, 1.165) is 11.2 Å². The highest BCUT2D eigenvalue weighted by atomic mass is 32.2. The van der Waals surface area contributed by atoms with Crippen molar-refractivity contribution in [3.63, 3.8) is 0 Å². The molecule has 1 N–H and O–H groups in total. The highest BCUT2D eigenvalue weighted by Gasteiger charge is 2.02. The fourth-order valence-electron chi connectivity index (χ4n) is 1.35. The minimum Gasteiger partial charge on any atom is -0.369 e. The number of rotatable bonds is 4. The normalized spacial score (nSPS) is 12.9. The van der Waals surface area contributed by atoms with Crippen LogP contribution >= 0.6 is 11.3 Å². The maximum Gasteiger partial charge on any atom is 0.134 e. The quantitative estimate of drug-likeness (QED) is 0.889. The third kappa shape index (κ3) is 2.54. The monoisotopic (exact) mass is 240 g/mol. The van der Waals surface area contributed by atoms with E-state index in [1.54, 1.807) is 23.8 Å². The van der Waals surface area contributed by atoms with Crippen molar-refractivity contribution in [1.29, 1.82) is 0 Å². The summed E-state index contributed by atoms with van der Waals surface area (Å²) < 4.78 is 12.1. The summed E-state index contributed by atoms with van der Waals surface area (Å²) in [6, 6.07) is 4.06. The van der Waals surface area contributed by atoms with Crippen LogP contribution < -0.4 is 5.32 Å². The van der Waals surface area contributed by atoms with Crippen molar-refractivity contribution in [2.24, 2.45) is 0 Å². The maximum atomic E-state index is 10.9. The molecule has 2 heterocycles. The number of pyridine rings is 1. The molecule has 0 aliphatic carbocycles. The SMILES string of the molecule is CS(=O)CCNc1nccc2sccc12. The van der Waals surface area contributed by atoms with Crippen molar-refractivity contribution in [2.45, 2.75) is 0 Å². The van der Waals surface area contributed by atoms with Gasteiger partial charge in [-0.15, -0.1) is 11.3 Å². The number of anilines is 1. The lowest BCUT2D eigenvalue weighted by molar-refractivity contribution is 0.687. The molecule has 0 spiro atoms. The second kappa shape index (κ2) is 4.72. The first kappa shape index (κ1) is 10.6. The van der Waals surface area contributed by atoms with E-state index in [4.69, 9.17) is 0 Å². The molecule has 1 unspecified atom stereocenters. The van der Waals surface area contributed by atoms with Gasteiger partial charge in [-0.05, 0) is 17.5 Å². The summed E-state index contributed by atoms with van der Waals surface area (Å²) in [6.45, 7) is 0.699. The molecule has 15 heavy (non-hydrogen) atoms. The fraction of sp³-hybridized carbons (Fsp3) is 0.300. The average molecular weight is 240 g/mol. The van der Waals surface area contributed by atoms with Crippen LogP contribution in [0.4, 0.5) is 5.82 Å². The van der Waals surface area contributed by atoms with Gasteiger partial charge in [0.15, 0.2) is 0 Å². The fourth-order valence-corrected chi connectivity index (χ4v) is 2.52. The molecule has 2 aromatic rings. The summed E-state index contributed by atoms with van der Waals surface area (Å²) in [5.74, 6) is 1.54. The predicted octanol–water partition coefficient (Wildman–Crippen LogP) is 2.09. The Morgan fingerprint density at radius 1 is 1.53 bits per heavy atom. The first-order chi connectivity index (χ1) is 7.27. The van der Waals surface area contributed by atoms with Crippen LogP contribution in [0.3, 0.4) is 0 Å². The molecule has 0 radical (unpaired) electrons. The second-order valence-corrected chi connectivity index (χ2v) is 5.70.